The fourth-order valence-electron chi connectivity index (χ4n) is 7.80. The van der Waals surface area contributed by atoms with E-state index in [2.05, 4.69) is 16.6 Å². The van der Waals surface area contributed by atoms with Crippen LogP contribution in [0.15, 0.2) is 56.5 Å². The van der Waals surface area contributed by atoms with Crippen molar-refractivity contribution >= 4 is 10.9 Å². The highest BCUT2D eigenvalue weighted by molar-refractivity contribution is 5.86. The highest BCUT2D eigenvalue weighted by Crippen LogP contribution is 2.60. The van der Waals surface area contributed by atoms with Crippen LogP contribution in [0.1, 0.15) is 70.5 Å². The summed E-state index contributed by atoms with van der Waals surface area (Å²) in [6.45, 7) is 3.04. The molecule has 0 unspecified atom stereocenters. The van der Waals surface area contributed by atoms with E-state index in [1.165, 1.54) is 38.5 Å². The number of nitrogens with zero attached hydrogens (tertiary/aromatic N) is 3. The van der Waals surface area contributed by atoms with E-state index < -0.39 is 0 Å². The molecule has 4 bridgehead atoms. The number of fused-ring (bicyclic) bond motifs is 1. The number of aromatic nitrogens is 3. The lowest BCUT2D eigenvalue weighted by Gasteiger charge is -2.55. The molecule has 6 heteroatoms. The zero-order valence-electron chi connectivity index (χ0n) is 20.9. The van der Waals surface area contributed by atoms with Gasteiger partial charge in [0.2, 0.25) is 5.43 Å². The van der Waals surface area contributed by atoms with Gasteiger partial charge in [-0.3, -0.25) is 4.79 Å². The zero-order chi connectivity index (χ0) is 24.3. The molecule has 4 fully saturated rings. The molecular weight excluding hydrogens is 450 g/mol. The minimum atomic E-state index is -0.0640. The molecule has 4 aromatic rings. The van der Waals surface area contributed by atoms with Crippen LogP contribution >= 0.6 is 0 Å². The molecule has 0 radical (unpaired) electrons. The van der Waals surface area contributed by atoms with E-state index in [1.807, 2.05) is 36.5 Å². The Hall–Kier alpha value is -3.15. The molecule has 3 aromatic heterocycles. The molecule has 0 amide bonds. The summed E-state index contributed by atoms with van der Waals surface area (Å²) in [5.74, 6) is 4.35. The quantitative estimate of drug-likeness (QED) is 0.265. The maximum atomic E-state index is 13.8. The number of unbranched alkanes of at least 4 members (excludes halogenated alkanes) is 2. The Labute approximate surface area is 210 Å². The first-order valence-corrected chi connectivity index (χ1v) is 13.7. The van der Waals surface area contributed by atoms with Gasteiger partial charge in [-0.2, -0.15) is 4.98 Å². The van der Waals surface area contributed by atoms with E-state index >= 15 is 0 Å². The molecule has 0 aliphatic heterocycles. The van der Waals surface area contributed by atoms with E-state index in [0.29, 0.717) is 16.8 Å². The third-order valence-corrected chi connectivity index (χ3v) is 9.06. The van der Waals surface area contributed by atoms with Crippen molar-refractivity contribution in [2.45, 2.75) is 76.7 Å². The van der Waals surface area contributed by atoms with Crippen molar-refractivity contribution in [3.63, 3.8) is 0 Å². The van der Waals surface area contributed by atoms with Crippen LogP contribution in [-0.4, -0.2) is 14.7 Å². The molecule has 6 nitrogen and oxygen atoms in total. The molecule has 0 atom stereocenters. The number of benzene rings is 1. The van der Waals surface area contributed by atoms with Crippen molar-refractivity contribution < 1.29 is 8.94 Å². The standard InChI is InChI=1S/C30H33N3O3/c1-2-3-4-9-33-18-24(27(34)23-14-22(7-8-25(23)33)26-6-5-10-35-26)28-31-29(32-36-28)30-15-19-11-20(16-30)13-21(12-19)17-30/h5-8,10,14,18-21H,2-4,9,11-13,15-17H2,1H3. The lowest BCUT2D eigenvalue weighted by Crippen LogP contribution is -2.49. The number of hydrogen-bond donors (Lipinski definition) is 0. The first-order chi connectivity index (χ1) is 17.6. The van der Waals surface area contributed by atoms with E-state index in [9.17, 15) is 4.79 Å². The highest BCUT2D eigenvalue weighted by atomic mass is 16.5. The second-order valence-corrected chi connectivity index (χ2v) is 11.6. The van der Waals surface area contributed by atoms with Gasteiger partial charge in [0.1, 0.15) is 11.3 Å². The average Bonchev–Trinajstić information content (AvgIpc) is 3.58. The van der Waals surface area contributed by atoms with E-state index in [0.717, 1.165) is 66.2 Å². The molecule has 0 spiro atoms. The predicted octanol–water partition coefficient (Wildman–Crippen LogP) is 6.97. The molecule has 8 rings (SSSR count). The van der Waals surface area contributed by atoms with Gasteiger partial charge in [-0.25, -0.2) is 0 Å². The summed E-state index contributed by atoms with van der Waals surface area (Å²) < 4.78 is 13.6. The SMILES string of the molecule is CCCCCn1cc(-c2nc(C34CC5CC(CC(C5)C3)C4)no2)c(=O)c2cc(-c3ccco3)ccc21. The van der Waals surface area contributed by atoms with Gasteiger partial charge in [0.05, 0.1) is 11.8 Å². The van der Waals surface area contributed by atoms with Crippen molar-refractivity contribution in [3.05, 3.63) is 58.8 Å². The van der Waals surface area contributed by atoms with E-state index in [4.69, 9.17) is 13.9 Å². The molecule has 4 saturated carbocycles. The van der Waals surface area contributed by atoms with E-state index in [1.54, 1.807) is 6.26 Å². The lowest BCUT2D eigenvalue weighted by atomic mass is 9.49. The molecule has 36 heavy (non-hydrogen) atoms. The summed E-state index contributed by atoms with van der Waals surface area (Å²) in [5, 5.41) is 5.18. The highest BCUT2D eigenvalue weighted by Gasteiger charge is 2.53. The van der Waals surface area contributed by atoms with Gasteiger partial charge in [0.15, 0.2) is 5.82 Å². The second-order valence-electron chi connectivity index (χ2n) is 11.6. The van der Waals surface area contributed by atoms with E-state index in [-0.39, 0.29) is 10.8 Å². The van der Waals surface area contributed by atoms with Gasteiger partial charge >= 0.3 is 0 Å². The summed E-state index contributed by atoms with van der Waals surface area (Å²) in [6.07, 6.45) is 14.6. The largest absolute Gasteiger partial charge is 0.464 e. The minimum absolute atomic E-state index is 0.0416. The Kier molecular flexibility index (Phi) is 5.19. The Bertz CT molecular complexity index is 1430. The molecule has 4 aliphatic carbocycles. The van der Waals surface area contributed by atoms with Crippen LogP contribution in [0.4, 0.5) is 0 Å². The number of pyridine rings is 1. The van der Waals surface area contributed by atoms with Crippen LogP contribution in [-0.2, 0) is 12.0 Å². The lowest BCUT2D eigenvalue weighted by molar-refractivity contribution is -0.0103. The molecule has 0 N–H and O–H groups in total. The van der Waals surface area contributed by atoms with Crippen molar-refractivity contribution in [2.75, 3.05) is 0 Å². The monoisotopic (exact) mass is 483 g/mol. The summed E-state index contributed by atoms with van der Waals surface area (Å²) >= 11 is 0. The fraction of sp³-hybridized carbons (Fsp3) is 0.500. The Morgan fingerprint density at radius 3 is 2.53 bits per heavy atom. The van der Waals surface area contributed by atoms with Crippen LogP contribution in [0.25, 0.3) is 33.7 Å². The Balaban J connectivity index is 1.32. The molecular formula is C30H33N3O3. The molecule has 3 heterocycles. The first-order valence-electron chi connectivity index (χ1n) is 13.7. The van der Waals surface area contributed by atoms with Gasteiger partial charge < -0.3 is 13.5 Å². The van der Waals surface area contributed by atoms with Crippen LogP contribution in [0.3, 0.4) is 0 Å². The first kappa shape index (κ1) is 22.1. The minimum Gasteiger partial charge on any atom is -0.464 e. The van der Waals surface area contributed by atoms with Crippen molar-refractivity contribution in [1.29, 1.82) is 0 Å². The van der Waals surface area contributed by atoms with Gasteiger partial charge in [0.25, 0.3) is 5.89 Å². The van der Waals surface area contributed by atoms with Crippen LogP contribution in [0.2, 0.25) is 0 Å². The maximum absolute atomic E-state index is 13.8. The maximum Gasteiger partial charge on any atom is 0.263 e. The van der Waals surface area contributed by atoms with Crippen LogP contribution < -0.4 is 5.43 Å². The summed E-state index contributed by atoms with van der Waals surface area (Å²) in [6, 6.07) is 9.77. The molecule has 0 saturated heterocycles. The Morgan fingerprint density at radius 2 is 1.83 bits per heavy atom. The predicted molar refractivity (Wildman–Crippen MR) is 139 cm³/mol. The molecule has 186 valence electrons. The number of hydrogen-bond acceptors (Lipinski definition) is 5. The van der Waals surface area contributed by atoms with Crippen molar-refractivity contribution in [2.24, 2.45) is 17.8 Å². The third-order valence-electron chi connectivity index (χ3n) is 9.06. The Morgan fingerprint density at radius 1 is 1.06 bits per heavy atom. The molecule has 4 aliphatic rings. The summed E-state index contributed by atoms with van der Waals surface area (Å²) in [7, 11) is 0. The zero-order valence-corrected chi connectivity index (χ0v) is 20.9. The average molecular weight is 484 g/mol. The summed E-state index contributed by atoms with van der Waals surface area (Å²) in [5.41, 5.74) is 2.29. The smallest absolute Gasteiger partial charge is 0.263 e. The number of rotatable bonds is 7. The van der Waals surface area contributed by atoms with Gasteiger partial charge in [0, 0.05) is 29.1 Å². The number of furan rings is 1. The summed E-state index contributed by atoms with van der Waals surface area (Å²) in [4.78, 5) is 18.8. The molecule has 1 aromatic carbocycles. The number of aryl methyl sites for hydroxylation is 1. The normalized spacial score (nSPS) is 26.8. The van der Waals surface area contributed by atoms with Gasteiger partial charge in [-0.15, -0.1) is 0 Å². The van der Waals surface area contributed by atoms with Crippen LogP contribution in [0, 0.1) is 17.8 Å². The van der Waals surface area contributed by atoms with Gasteiger partial charge in [-0.1, -0.05) is 24.9 Å². The third kappa shape index (κ3) is 3.56. The topological polar surface area (TPSA) is 74.1 Å². The second kappa shape index (κ2) is 8.46. The van der Waals surface area contributed by atoms with Crippen LogP contribution in [0.5, 0.6) is 0 Å². The van der Waals surface area contributed by atoms with Gasteiger partial charge in [-0.05, 0) is 93.0 Å². The van der Waals surface area contributed by atoms with Crippen molar-refractivity contribution in [1.82, 2.24) is 14.7 Å². The van der Waals surface area contributed by atoms with Crippen molar-refractivity contribution in [3.8, 4) is 22.8 Å². The fourth-order valence-corrected chi connectivity index (χ4v) is 7.80.